The van der Waals surface area contributed by atoms with E-state index in [1.807, 2.05) is 11.0 Å². The predicted molar refractivity (Wildman–Crippen MR) is 134 cm³/mol. The number of benzene rings is 1. The Morgan fingerprint density at radius 1 is 1.09 bits per heavy atom. The van der Waals surface area contributed by atoms with Gasteiger partial charge in [0.2, 0.25) is 11.8 Å². The highest BCUT2D eigenvalue weighted by molar-refractivity contribution is 6.00. The van der Waals surface area contributed by atoms with Crippen molar-refractivity contribution >= 4 is 11.8 Å². The molecule has 2 atom stereocenters. The molecule has 3 fully saturated rings. The number of likely N-dealkylation sites (tertiary alicyclic amines) is 1. The lowest BCUT2D eigenvalue weighted by molar-refractivity contribution is -0.167. The molecule has 34 heavy (non-hydrogen) atoms. The van der Waals surface area contributed by atoms with Gasteiger partial charge >= 0.3 is 0 Å². The van der Waals surface area contributed by atoms with Crippen molar-refractivity contribution in [2.24, 2.45) is 5.92 Å². The molecule has 0 aromatic heterocycles. The molecule has 1 saturated carbocycles. The van der Waals surface area contributed by atoms with Crippen molar-refractivity contribution in [1.29, 1.82) is 0 Å². The number of carbonyl (C=O) groups excluding carboxylic acids is 2. The quantitative estimate of drug-likeness (QED) is 0.637. The van der Waals surface area contributed by atoms with Crippen molar-refractivity contribution in [3.05, 3.63) is 35.9 Å². The van der Waals surface area contributed by atoms with Gasteiger partial charge in [-0.3, -0.25) is 14.5 Å². The summed E-state index contributed by atoms with van der Waals surface area (Å²) in [5.74, 6) is -0.0549. The Balaban J connectivity index is 1.53. The van der Waals surface area contributed by atoms with Crippen LogP contribution in [0.5, 0.6) is 0 Å². The van der Waals surface area contributed by atoms with Gasteiger partial charge in [0.25, 0.3) is 0 Å². The minimum Gasteiger partial charge on any atom is -0.390 e. The molecule has 0 radical (unpaired) electrons. The van der Waals surface area contributed by atoms with Crippen LogP contribution in [0.3, 0.4) is 0 Å². The molecule has 1 spiro atoms. The Kier molecular flexibility index (Phi) is 7.68. The van der Waals surface area contributed by atoms with E-state index in [1.165, 1.54) is 12.0 Å². The fraction of sp³-hybridized carbons (Fsp3) is 0.714. The van der Waals surface area contributed by atoms with Crippen molar-refractivity contribution < 1.29 is 14.7 Å². The van der Waals surface area contributed by atoms with Crippen LogP contribution in [0.4, 0.5) is 0 Å². The molecule has 4 rings (SSSR count). The zero-order valence-electron chi connectivity index (χ0n) is 21.3. The Bertz CT molecular complexity index is 842. The average Bonchev–Trinajstić information content (AvgIpc) is 2.87. The summed E-state index contributed by atoms with van der Waals surface area (Å²) in [4.78, 5) is 31.7. The third kappa shape index (κ3) is 4.64. The van der Waals surface area contributed by atoms with Crippen molar-refractivity contribution in [2.45, 2.75) is 102 Å². The number of aliphatic hydroxyl groups is 1. The van der Waals surface area contributed by atoms with Crippen LogP contribution >= 0.6 is 0 Å². The average molecular weight is 470 g/mol. The number of hydrogen-bond donors (Lipinski definition) is 2. The lowest BCUT2D eigenvalue weighted by atomic mass is 9.77. The van der Waals surface area contributed by atoms with Gasteiger partial charge in [0.05, 0.1) is 6.10 Å². The number of nitrogens with zero attached hydrogens (tertiary/aromatic N) is 2. The molecule has 2 saturated heterocycles. The van der Waals surface area contributed by atoms with Gasteiger partial charge in [0, 0.05) is 25.2 Å². The molecule has 6 heteroatoms. The Morgan fingerprint density at radius 3 is 2.35 bits per heavy atom. The molecule has 2 N–H and O–H groups in total. The summed E-state index contributed by atoms with van der Waals surface area (Å²) in [6, 6.07) is 9.68. The fourth-order valence-electron chi connectivity index (χ4n) is 6.42. The van der Waals surface area contributed by atoms with E-state index in [9.17, 15) is 14.7 Å². The number of rotatable bonds is 7. The first-order chi connectivity index (χ1) is 16.3. The molecule has 3 aliphatic rings. The van der Waals surface area contributed by atoms with E-state index in [-0.39, 0.29) is 23.3 Å². The van der Waals surface area contributed by atoms with Crippen molar-refractivity contribution in [3.63, 3.8) is 0 Å². The van der Waals surface area contributed by atoms with Gasteiger partial charge in [-0.2, -0.15) is 0 Å². The normalized spacial score (nSPS) is 25.4. The molecule has 2 aliphatic heterocycles. The largest absolute Gasteiger partial charge is 0.390 e. The van der Waals surface area contributed by atoms with Crippen LogP contribution in [0.1, 0.15) is 84.1 Å². The third-order valence-corrected chi connectivity index (χ3v) is 8.83. The molecule has 1 aromatic rings. The number of piperazine rings is 1. The van der Waals surface area contributed by atoms with E-state index < -0.39 is 17.7 Å². The van der Waals surface area contributed by atoms with Gasteiger partial charge < -0.3 is 15.3 Å². The second-order valence-corrected chi connectivity index (χ2v) is 11.1. The van der Waals surface area contributed by atoms with E-state index in [4.69, 9.17) is 0 Å². The first kappa shape index (κ1) is 25.2. The monoisotopic (exact) mass is 469 g/mol. The summed E-state index contributed by atoms with van der Waals surface area (Å²) in [7, 11) is 0. The molecule has 1 aliphatic carbocycles. The van der Waals surface area contributed by atoms with Crippen LogP contribution in [0, 0.1) is 5.92 Å². The molecular weight excluding hydrogens is 426 g/mol. The molecule has 2 amide bonds. The minimum atomic E-state index is -0.808. The highest BCUT2D eigenvalue weighted by atomic mass is 16.3. The minimum absolute atomic E-state index is 0.0692. The maximum atomic E-state index is 13.8. The Labute approximate surface area is 205 Å². The lowest BCUT2D eigenvalue weighted by Crippen LogP contribution is -2.75. The number of aliphatic hydroxyl groups excluding tert-OH is 1. The summed E-state index contributed by atoms with van der Waals surface area (Å²) in [5.41, 5.74) is 0.304. The van der Waals surface area contributed by atoms with E-state index in [1.54, 1.807) is 0 Å². The highest BCUT2D eigenvalue weighted by Crippen LogP contribution is 2.39. The van der Waals surface area contributed by atoms with Gasteiger partial charge in [-0.1, -0.05) is 62.9 Å². The number of hydrogen-bond acceptors (Lipinski definition) is 4. The first-order valence-electron chi connectivity index (χ1n) is 13.4. The summed E-state index contributed by atoms with van der Waals surface area (Å²) < 4.78 is 0. The molecule has 0 unspecified atom stereocenters. The topological polar surface area (TPSA) is 72.9 Å². The molecule has 1 aromatic carbocycles. The lowest BCUT2D eigenvalue weighted by Gasteiger charge is -2.54. The second-order valence-electron chi connectivity index (χ2n) is 11.1. The maximum Gasteiger partial charge on any atom is 0.248 e. The van der Waals surface area contributed by atoms with E-state index in [2.05, 4.69) is 55.3 Å². The van der Waals surface area contributed by atoms with E-state index >= 15 is 0 Å². The van der Waals surface area contributed by atoms with Crippen LogP contribution in [-0.2, 0) is 15.1 Å². The summed E-state index contributed by atoms with van der Waals surface area (Å²) >= 11 is 0. The van der Waals surface area contributed by atoms with Gasteiger partial charge in [-0.25, -0.2) is 0 Å². The zero-order valence-corrected chi connectivity index (χ0v) is 21.3. The van der Waals surface area contributed by atoms with Gasteiger partial charge in [0.1, 0.15) is 11.6 Å². The van der Waals surface area contributed by atoms with Crippen molar-refractivity contribution in [1.82, 2.24) is 15.1 Å². The second kappa shape index (κ2) is 10.4. The number of carbonyl (C=O) groups is 2. The molecule has 0 bridgehead atoms. The maximum absolute atomic E-state index is 13.8. The summed E-state index contributed by atoms with van der Waals surface area (Å²) in [5, 5.41) is 14.1. The van der Waals surface area contributed by atoms with Crippen LogP contribution in [0.2, 0.25) is 0 Å². The smallest absolute Gasteiger partial charge is 0.248 e. The summed E-state index contributed by atoms with van der Waals surface area (Å²) in [6.45, 7) is 8.66. The SMILES string of the molecule is CCCCN1C(=O)[C@@H]([C@H](O)C2CCCCC2)NC(=O)C12CCN(C(C)(C)c1ccccc1)CC2. The van der Waals surface area contributed by atoms with Crippen LogP contribution in [0.25, 0.3) is 0 Å². The number of piperidine rings is 1. The Morgan fingerprint density at radius 2 is 1.74 bits per heavy atom. The fourth-order valence-corrected chi connectivity index (χ4v) is 6.42. The van der Waals surface area contributed by atoms with E-state index in [0.29, 0.717) is 19.4 Å². The predicted octanol–water partition coefficient (Wildman–Crippen LogP) is 3.82. The highest BCUT2D eigenvalue weighted by Gasteiger charge is 2.56. The zero-order chi connectivity index (χ0) is 24.3. The number of unbranched alkanes of at least 4 members (excludes halogenated alkanes) is 1. The van der Waals surface area contributed by atoms with Crippen LogP contribution in [-0.4, -0.2) is 64.0 Å². The molecule has 2 heterocycles. The van der Waals surface area contributed by atoms with E-state index in [0.717, 1.165) is 51.6 Å². The van der Waals surface area contributed by atoms with Crippen molar-refractivity contribution in [2.75, 3.05) is 19.6 Å². The molecule has 188 valence electrons. The van der Waals surface area contributed by atoms with Crippen LogP contribution in [0.15, 0.2) is 30.3 Å². The van der Waals surface area contributed by atoms with Crippen LogP contribution < -0.4 is 5.32 Å². The Hall–Kier alpha value is -1.92. The van der Waals surface area contributed by atoms with Gasteiger partial charge in [-0.05, 0) is 57.4 Å². The molecule has 6 nitrogen and oxygen atoms in total. The van der Waals surface area contributed by atoms with Gasteiger partial charge in [-0.15, -0.1) is 0 Å². The number of nitrogens with one attached hydrogen (secondary N) is 1. The number of amides is 2. The first-order valence-corrected chi connectivity index (χ1v) is 13.4. The van der Waals surface area contributed by atoms with Gasteiger partial charge in [0.15, 0.2) is 0 Å². The third-order valence-electron chi connectivity index (χ3n) is 8.83. The standard InChI is InChI=1S/C28H43N3O3/c1-4-5-18-31-25(33)23(24(32)21-12-8-6-9-13-21)29-26(34)28(31)16-19-30(20-17-28)27(2,3)22-14-10-7-11-15-22/h7,10-11,14-15,21,23-24,32H,4-6,8-9,12-13,16-20H2,1-3H3,(H,29,34)/t23-,24-/m1/s1. The van der Waals surface area contributed by atoms with Crippen molar-refractivity contribution in [3.8, 4) is 0 Å². The molecular formula is C28H43N3O3. The summed E-state index contributed by atoms with van der Waals surface area (Å²) in [6.07, 6.45) is 7.52.